The summed E-state index contributed by atoms with van der Waals surface area (Å²) >= 11 is 7.00. The Hall–Kier alpha value is -1.39. The first kappa shape index (κ1) is 13.1. The molecule has 0 saturated carbocycles. The first-order chi connectivity index (χ1) is 8.61. The number of thiophene rings is 1. The zero-order valence-corrected chi connectivity index (χ0v) is 11.1. The predicted octanol–water partition coefficient (Wildman–Crippen LogP) is 3.97. The molecule has 1 aromatic carbocycles. The summed E-state index contributed by atoms with van der Waals surface area (Å²) in [6.07, 6.45) is 0.177. The van der Waals surface area contributed by atoms with Crippen molar-refractivity contribution in [3.63, 3.8) is 0 Å². The number of benzene rings is 1. The van der Waals surface area contributed by atoms with Gasteiger partial charge in [-0.2, -0.15) is 0 Å². The summed E-state index contributed by atoms with van der Waals surface area (Å²) in [5.74, 6) is 0.0179. The highest BCUT2D eigenvalue weighted by Crippen LogP contribution is 2.26. The molecule has 5 heteroatoms. The monoisotopic (exact) mass is 284 g/mol. The molecule has 0 aliphatic heterocycles. The molecule has 94 valence electrons. The minimum Gasteiger partial charge on any atom is -0.495 e. The normalized spacial score (nSPS) is 10.4. The van der Waals surface area contributed by atoms with Gasteiger partial charge in [0.1, 0.15) is 16.4 Å². The van der Waals surface area contributed by atoms with E-state index in [-0.39, 0.29) is 17.2 Å². The second-order valence-electron chi connectivity index (χ2n) is 3.67. The van der Waals surface area contributed by atoms with Crippen LogP contribution in [-0.4, -0.2) is 12.9 Å². The van der Waals surface area contributed by atoms with Crippen molar-refractivity contribution in [1.82, 2.24) is 0 Å². The van der Waals surface area contributed by atoms with Crippen molar-refractivity contribution in [2.45, 2.75) is 6.42 Å². The Morgan fingerprint density at radius 3 is 2.89 bits per heavy atom. The second-order valence-corrected chi connectivity index (χ2v) is 4.99. The zero-order valence-electron chi connectivity index (χ0n) is 9.57. The molecule has 0 bridgehead atoms. The van der Waals surface area contributed by atoms with Crippen molar-refractivity contribution in [2.24, 2.45) is 0 Å². The lowest BCUT2D eigenvalue weighted by atomic mass is 10.1. The minimum atomic E-state index is -0.485. The lowest BCUT2D eigenvalue weighted by Gasteiger charge is -2.03. The van der Waals surface area contributed by atoms with Gasteiger partial charge in [0.15, 0.2) is 5.78 Å². The van der Waals surface area contributed by atoms with Crippen LogP contribution >= 0.6 is 22.9 Å². The highest BCUT2D eigenvalue weighted by atomic mass is 35.5. The van der Waals surface area contributed by atoms with E-state index in [2.05, 4.69) is 0 Å². The number of carbonyl (C=O) groups excluding carboxylic acids is 1. The Morgan fingerprint density at radius 2 is 2.22 bits per heavy atom. The lowest BCUT2D eigenvalue weighted by Crippen LogP contribution is -2.03. The number of ether oxygens (including phenoxy) is 1. The van der Waals surface area contributed by atoms with Crippen LogP contribution in [0.1, 0.15) is 15.2 Å². The van der Waals surface area contributed by atoms with Crippen LogP contribution in [0.4, 0.5) is 4.39 Å². The van der Waals surface area contributed by atoms with Gasteiger partial charge in [0, 0.05) is 6.42 Å². The molecule has 1 aromatic heterocycles. The minimum absolute atomic E-state index is 0.0263. The van der Waals surface area contributed by atoms with Crippen molar-refractivity contribution in [3.05, 3.63) is 50.9 Å². The van der Waals surface area contributed by atoms with Crippen LogP contribution in [0, 0.1) is 5.82 Å². The predicted molar refractivity (Wildman–Crippen MR) is 70.3 cm³/mol. The van der Waals surface area contributed by atoms with E-state index in [0.717, 1.165) is 0 Å². The van der Waals surface area contributed by atoms with E-state index in [0.29, 0.717) is 16.2 Å². The summed E-state index contributed by atoms with van der Waals surface area (Å²) < 4.78 is 18.1. The van der Waals surface area contributed by atoms with E-state index in [1.807, 2.05) is 0 Å². The van der Waals surface area contributed by atoms with Gasteiger partial charge in [-0.25, -0.2) is 4.39 Å². The van der Waals surface area contributed by atoms with Crippen molar-refractivity contribution in [2.75, 3.05) is 7.11 Å². The van der Waals surface area contributed by atoms with Crippen molar-refractivity contribution < 1.29 is 13.9 Å². The van der Waals surface area contributed by atoms with Crippen molar-refractivity contribution in [3.8, 4) is 5.75 Å². The maximum absolute atomic E-state index is 13.0. The summed E-state index contributed by atoms with van der Waals surface area (Å²) in [5, 5.41) is 1.82. The molecule has 0 unspecified atom stereocenters. The standard InChI is InChI=1S/C13H10ClFO2S/c1-17-12-4-5-18-13(12)11(16)7-8-2-3-10(15)9(14)6-8/h2-6H,7H2,1H3. The van der Waals surface area contributed by atoms with Crippen molar-refractivity contribution in [1.29, 1.82) is 0 Å². The number of methoxy groups -OCH3 is 1. The molecule has 0 saturated heterocycles. The highest BCUT2D eigenvalue weighted by molar-refractivity contribution is 7.12. The molecule has 0 amide bonds. The number of halogens is 2. The Morgan fingerprint density at radius 1 is 1.44 bits per heavy atom. The Bertz CT molecular complexity index is 580. The molecular formula is C13H10ClFO2S. The topological polar surface area (TPSA) is 26.3 Å². The molecule has 1 heterocycles. The summed E-state index contributed by atoms with van der Waals surface area (Å²) in [6, 6.07) is 6.03. The third kappa shape index (κ3) is 2.71. The number of hydrogen-bond acceptors (Lipinski definition) is 3. The van der Waals surface area contributed by atoms with Crippen LogP contribution in [-0.2, 0) is 6.42 Å². The summed E-state index contributed by atoms with van der Waals surface area (Å²) in [4.78, 5) is 12.6. The average Bonchev–Trinajstić information content (AvgIpc) is 2.82. The van der Waals surface area contributed by atoms with Crippen LogP contribution in [0.25, 0.3) is 0 Å². The maximum atomic E-state index is 13.0. The number of ketones is 1. The smallest absolute Gasteiger partial charge is 0.180 e. The highest BCUT2D eigenvalue weighted by Gasteiger charge is 2.15. The molecule has 0 N–H and O–H groups in total. The third-order valence-electron chi connectivity index (χ3n) is 2.45. The molecule has 0 aliphatic rings. The third-order valence-corrected chi connectivity index (χ3v) is 3.68. The SMILES string of the molecule is COc1ccsc1C(=O)Cc1ccc(F)c(Cl)c1. The lowest BCUT2D eigenvalue weighted by molar-refractivity contribution is 0.0994. The largest absolute Gasteiger partial charge is 0.495 e. The molecule has 2 aromatic rings. The molecule has 2 nitrogen and oxygen atoms in total. The first-order valence-electron chi connectivity index (χ1n) is 5.20. The summed E-state index contributed by atoms with van der Waals surface area (Å²) in [7, 11) is 1.52. The van der Waals surface area contributed by atoms with Gasteiger partial charge in [0.05, 0.1) is 12.1 Å². The van der Waals surface area contributed by atoms with Gasteiger partial charge in [0.25, 0.3) is 0 Å². The molecule has 0 spiro atoms. The van der Waals surface area contributed by atoms with E-state index >= 15 is 0 Å². The Balaban J connectivity index is 2.19. The molecule has 0 atom stereocenters. The molecule has 0 aliphatic carbocycles. The molecule has 0 fully saturated rings. The van der Waals surface area contributed by atoms with Crippen LogP contribution < -0.4 is 4.74 Å². The molecule has 2 rings (SSSR count). The van der Waals surface area contributed by atoms with E-state index in [1.165, 1.54) is 30.6 Å². The fourth-order valence-electron chi connectivity index (χ4n) is 1.58. The molecule has 0 radical (unpaired) electrons. The summed E-state index contributed by atoms with van der Waals surface area (Å²) in [5.41, 5.74) is 0.682. The number of rotatable bonds is 4. The Kier molecular flexibility index (Phi) is 3.99. The van der Waals surface area contributed by atoms with Gasteiger partial charge in [0.2, 0.25) is 0 Å². The van der Waals surface area contributed by atoms with Gasteiger partial charge in [-0.05, 0) is 29.1 Å². The van der Waals surface area contributed by atoms with Gasteiger partial charge in [-0.1, -0.05) is 17.7 Å². The number of hydrogen-bond donors (Lipinski definition) is 0. The van der Waals surface area contributed by atoms with E-state index in [1.54, 1.807) is 17.5 Å². The van der Waals surface area contributed by atoms with E-state index in [9.17, 15) is 9.18 Å². The van der Waals surface area contributed by atoms with Gasteiger partial charge in [-0.15, -0.1) is 11.3 Å². The van der Waals surface area contributed by atoms with Crippen molar-refractivity contribution >= 4 is 28.7 Å². The summed E-state index contributed by atoms with van der Waals surface area (Å²) in [6.45, 7) is 0. The second kappa shape index (κ2) is 5.50. The van der Waals surface area contributed by atoms with E-state index in [4.69, 9.17) is 16.3 Å². The number of carbonyl (C=O) groups is 1. The quantitative estimate of drug-likeness (QED) is 0.794. The van der Waals surface area contributed by atoms with Crippen LogP contribution in [0.2, 0.25) is 5.02 Å². The Labute approximate surface area is 113 Å². The van der Waals surface area contributed by atoms with Crippen LogP contribution in [0.15, 0.2) is 29.6 Å². The van der Waals surface area contributed by atoms with E-state index < -0.39 is 5.82 Å². The average molecular weight is 285 g/mol. The van der Waals surface area contributed by atoms with Gasteiger partial charge in [-0.3, -0.25) is 4.79 Å². The van der Waals surface area contributed by atoms with Crippen LogP contribution in [0.5, 0.6) is 5.75 Å². The molecular weight excluding hydrogens is 275 g/mol. The zero-order chi connectivity index (χ0) is 13.1. The van der Waals surface area contributed by atoms with Crippen LogP contribution in [0.3, 0.4) is 0 Å². The van der Waals surface area contributed by atoms with Gasteiger partial charge < -0.3 is 4.74 Å². The maximum Gasteiger partial charge on any atom is 0.180 e. The first-order valence-corrected chi connectivity index (χ1v) is 6.46. The fraction of sp³-hybridized carbons (Fsp3) is 0.154. The van der Waals surface area contributed by atoms with Gasteiger partial charge >= 0.3 is 0 Å². The number of Topliss-reactive ketones (excluding diaryl/α,β-unsaturated/α-hetero) is 1. The molecule has 18 heavy (non-hydrogen) atoms. The fourth-order valence-corrected chi connectivity index (χ4v) is 2.58.